The first-order valence-corrected chi connectivity index (χ1v) is 7.41. The third-order valence-corrected chi connectivity index (χ3v) is 4.00. The molecule has 1 heterocycles. The molecule has 1 aromatic rings. The Balaban J connectivity index is 0.00000220. The molecule has 118 valence electrons. The zero-order chi connectivity index (χ0) is 14.7. The third kappa shape index (κ3) is 4.50. The average molecular weight is 332 g/mol. The molecule has 0 bridgehead atoms. The molecule has 6 heteroatoms. The summed E-state index contributed by atoms with van der Waals surface area (Å²) in [6, 6.07) is 7.42. The molecule has 1 fully saturated rings. The van der Waals surface area contributed by atoms with Gasteiger partial charge >= 0.3 is 0 Å². The van der Waals surface area contributed by atoms with Gasteiger partial charge < -0.3 is 15.5 Å². The van der Waals surface area contributed by atoms with Gasteiger partial charge in [0.1, 0.15) is 0 Å². The first-order valence-electron chi connectivity index (χ1n) is 7.04. The molecule has 4 nitrogen and oxygen atoms in total. The standard InChI is InChI=1S/C15H22ClN3O.ClH/c1-11(2)14(17)15(20)19-8-6-18(7-9-19)13-5-3-4-12(16)10-13;/h3-5,10-11,14H,6-9,17H2,1-2H3;1H/t14-;/m0./s1. The van der Waals surface area contributed by atoms with E-state index in [0.717, 1.165) is 23.8 Å². The van der Waals surface area contributed by atoms with E-state index in [4.69, 9.17) is 17.3 Å². The second-order valence-corrected chi connectivity index (χ2v) is 6.00. The predicted molar refractivity (Wildman–Crippen MR) is 90.3 cm³/mol. The molecule has 1 aliphatic heterocycles. The largest absolute Gasteiger partial charge is 0.368 e. The summed E-state index contributed by atoms with van der Waals surface area (Å²) in [4.78, 5) is 16.3. The molecule has 1 aromatic carbocycles. The van der Waals surface area contributed by atoms with Gasteiger partial charge in [-0.05, 0) is 24.1 Å². The number of hydrogen-bond acceptors (Lipinski definition) is 3. The Morgan fingerprint density at radius 1 is 1.24 bits per heavy atom. The summed E-state index contributed by atoms with van der Waals surface area (Å²) < 4.78 is 0. The molecule has 1 amide bonds. The Bertz CT molecular complexity index is 474. The van der Waals surface area contributed by atoms with Gasteiger partial charge in [-0.25, -0.2) is 0 Å². The molecule has 2 N–H and O–H groups in total. The van der Waals surface area contributed by atoms with Crippen LogP contribution in [0.2, 0.25) is 5.02 Å². The van der Waals surface area contributed by atoms with Gasteiger partial charge in [0.15, 0.2) is 0 Å². The molecule has 0 spiro atoms. The zero-order valence-corrected chi connectivity index (χ0v) is 14.0. The maximum absolute atomic E-state index is 12.2. The summed E-state index contributed by atoms with van der Waals surface area (Å²) in [5, 5.41) is 0.739. The Morgan fingerprint density at radius 3 is 2.38 bits per heavy atom. The molecule has 1 saturated heterocycles. The number of nitrogens with two attached hydrogens (primary N) is 1. The van der Waals surface area contributed by atoms with Gasteiger partial charge in [-0.1, -0.05) is 31.5 Å². The fourth-order valence-corrected chi connectivity index (χ4v) is 2.54. The zero-order valence-electron chi connectivity index (χ0n) is 12.5. The van der Waals surface area contributed by atoms with Crippen LogP contribution in [0.5, 0.6) is 0 Å². The van der Waals surface area contributed by atoms with Crippen LogP contribution >= 0.6 is 24.0 Å². The van der Waals surface area contributed by atoms with E-state index in [1.165, 1.54) is 0 Å². The van der Waals surface area contributed by atoms with Crippen LogP contribution in [-0.4, -0.2) is 43.0 Å². The van der Waals surface area contributed by atoms with Crippen LogP contribution in [0.15, 0.2) is 24.3 Å². The molecule has 1 aliphatic rings. The van der Waals surface area contributed by atoms with Crippen molar-refractivity contribution in [2.75, 3.05) is 31.1 Å². The summed E-state index contributed by atoms with van der Waals surface area (Å²) in [5.41, 5.74) is 7.04. The molecule has 0 unspecified atom stereocenters. The van der Waals surface area contributed by atoms with Crippen molar-refractivity contribution in [2.24, 2.45) is 11.7 Å². The van der Waals surface area contributed by atoms with Gasteiger partial charge in [0.25, 0.3) is 0 Å². The van der Waals surface area contributed by atoms with E-state index < -0.39 is 6.04 Å². The van der Waals surface area contributed by atoms with Crippen LogP contribution in [0, 0.1) is 5.92 Å². The lowest BCUT2D eigenvalue weighted by Gasteiger charge is -2.37. The van der Waals surface area contributed by atoms with Crippen LogP contribution in [0.25, 0.3) is 0 Å². The molecule has 2 rings (SSSR count). The number of rotatable bonds is 3. The van der Waals surface area contributed by atoms with E-state index in [0.29, 0.717) is 13.1 Å². The van der Waals surface area contributed by atoms with Crippen molar-refractivity contribution in [3.05, 3.63) is 29.3 Å². The Kier molecular flexibility index (Phi) is 6.78. The van der Waals surface area contributed by atoms with Crippen molar-refractivity contribution in [3.8, 4) is 0 Å². The number of anilines is 1. The highest BCUT2D eigenvalue weighted by molar-refractivity contribution is 6.30. The van der Waals surface area contributed by atoms with Crippen LogP contribution < -0.4 is 10.6 Å². The topological polar surface area (TPSA) is 49.6 Å². The first kappa shape index (κ1) is 18.1. The number of carbonyl (C=O) groups excluding carboxylic acids is 1. The van der Waals surface area contributed by atoms with Crippen molar-refractivity contribution in [2.45, 2.75) is 19.9 Å². The fourth-order valence-electron chi connectivity index (χ4n) is 2.35. The number of hydrogen-bond donors (Lipinski definition) is 1. The summed E-state index contributed by atoms with van der Waals surface area (Å²) >= 11 is 6.01. The van der Waals surface area contributed by atoms with E-state index in [2.05, 4.69) is 4.90 Å². The van der Waals surface area contributed by atoms with Gasteiger partial charge in [-0.15, -0.1) is 12.4 Å². The first-order chi connectivity index (χ1) is 9.49. The molecule has 1 atom stereocenters. The number of amides is 1. The van der Waals surface area contributed by atoms with E-state index in [1.807, 2.05) is 43.0 Å². The van der Waals surface area contributed by atoms with Gasteiger partial charge in [0, 0.05) is 36.9 Å². The highest BCUT2D eigenvalue weighted by Gasteiger charge is 2.26. The molecule has 0 aromatic heterocycles. The quantitative estimate of drug-likeness (QED) is 0.925. The number of benzene rings is 1. The minimum atomic E-state index is -0.396. The molecular weight excluding hydrogens is 309 g/mol. The lowest BCUT2D eigenvalue weighted by molar-refractivity contribution is -0.133. The molecular formula is C15H23Cl2N3O. The van der Waals surface area contributed by atoms with E-state index in [1.54, 1.807) is 0 Å². The Hall–Kier alpha value is -0.970. The van der Waals surface area contributed by atoms with Gasteiger partial charge in [0.05, 0.1) is 6.04 Å². The van der Waals surface area contributed by atoms with Crippen LogP contribution in [0.4, 0.5) is 5.69 Å². The van der Waals surface area contributed by atoms with Gasteiger partial charge in [-0.2, -0.15) is 0 Å². The van der Waals surface area contributed by atoms with Gasteiger partial charge in [-0.3, -0.25) is 4.79 Å². The van der Waals surface area contributed by atoms with Crippen molar-refractivity contribution in [1.82, 2.24) is 4.90 Å². The SMILES string of the molecule is CC(C)[C@H](N)C(=O)N1CCN(c2cccc(Cl)c2)CC1.Cl. The van der Waals surface area contributed by atoms with Crippen LogP contribution in [0.1, 0.15) is 13.8 Å². The van der Waals surface area contributed by atoms with Crippen LogP contribution in [-0.2, 0) is 4.79 Å². The van der Waals surface area contributed by atoms with E-state index in [9.17, 15) is 4.79 Å². The Labute approximate surface area is 137 Å². The maximum Gasteiger partial charge on any atom is 0.239 e. The normalized spacial score (nSPS) is 16.6. The highest BCUT2D eigenvalue weighted by Crippen LogP contribution is 2.21. The van der Waals surface area contributed by atoms with Gasteiger partial charge in [0.2, 0.25) is 5.91 Å². The average Bonchev–Trinajstić information content (AvgIpc) is 2.46. The maximum atomic E-state index is 12.2. The summed E-state index contributed by atoms with van der Waals surface area (Å²) in [7, 11) is 0. The lowest BCUT2D eigenvalue weighted by atomic mass is 10.0. The lowest BCUT2D eigenvalue weighted by Crippen LogP contribution is -2.54. The molecule has 0 saturated carbocycles. The minimum absolute atomic E-state index is 0. The molecule has 0 aliphatic carbocycles. The minimum Gasteiger partial charge on any atom is -0.368 e. The van der Waals surface area contributed by atoms with E-state index in [-0.39, 0.29) is 24.2 Å². The smallest absolute Gasteiger partial charge is 0.239 e. The Morgan fingerprint density at radius 2 is 1.86 bits per heavy atom. The predicted octanol–water partition coefficient (Wildman–Crippen LogP) is 2.39. The summed E-state index contributed by atoms with van der Waals surface area (Å²) in [6.07, 6.45) is 0. The third-order valence-electron chi connectivity index (χ3n) is 3.77. The number of halogens is 2. The summed E-state index contributed by atoms with van der Waals surface area (Å²) in [5.74, 6) is 0.235. The second-order valence-electron chi connectivity index (χ2n) is 5.56. The number of carbonyl (C=O) groups is 1. The monoisotopic (exact) mass is 331 g/mol. The highest BCUT2D eigenvalue weighted by atomic mass is 35.5. The van der Waals surface area contributed by atoms with Crippen LogP contribution in [0.3, 0.4) is 0 Å². The number of nitrogens with zero attached hydrogens (tertiary/aromatic N) is 2. The molecule has 21 heavy (non-hydrogen) atoms. The van der Waals surface area contributed by atoms with E-state index >= 15 is 0 Å². The molecule has 0 radical (unpaired) electrons. The van der Waals surface area contributed by atoms with Crippen molar-refractivity contribution in [3.63, 3.8) is 0 Å². The summed E-state index contributed by atoms with van der Waals surface area (Å²) in [6.45, 7) is 7.01. The van der Waals surface area contributed by atoms with Crippen molar-refractivity contribution in [1.29, 1.82) is 0 Å². The number of piperazine rings is 1. The van der Waals surface area contributed by atoms with Crippen molar-refractivity contribution >= 4 is 35.6 Å². The van der Waals surface area contributed by atoms with Crippen molar-refractivity contribution < 1.29 is 4.79 Å². The second kappa shape index (κ2) is 7.87. The fraction of sp³-hybridized carbons (Fsp3) is 0.533.